The lowest BCUT2D eigenvalue weighted by Crippen LogP contribution is -2.30. The average Bonchev–Trinajstić information content (AvgIpc) is 3.38. The molecule has 0 aromatic heterocycles. The first-order chi connectivity index (χ1) is 35.5. The first kappa shape index (κ1) is 68.8. The van der Waals surface area contributed by atoms with E-state index in [1.807, 2.05) is 0 Å². The summed E-state index contributed by atoms with van der Waals surface area (Å²) in [6.07, 6.45) is 77.9. The second kappa shape index (κ2) is 60.4. The summed E-state index contributed by atoms with van der Waals surface area (Å²) in [5.74, 6) is -0.926. The van der Waals surface area contributed by atoms with E-state index < -0.39 is 6.10 Å². The van der Waals surface area contributed by atoms with Crippen molar-refractivity contribution in [2.24, 2.45) is 0 Å². The SMILES string of the molecule is CC/C=C\C/C=C\C/C=C\C/C=C\C/C=C\C/C=C\CCCCC(=O)OC(COC(=O)CCCCCCCCCC)COC(=O)CCCCCCCCCCCCCCCCCCCCCCCCCCC. The van der Waals surface area contributed by atoms with E-state index in [4.69, 9.17) is 14.2 Å². The zero-order chi connectivity index (χ0) is 52.2. The molecule has 0 aromatic carbocycles. The van der Waals surface area contributed by atoms with Gasteiger partial charge in [0.2, 0.25) is 0 Å². The molecule has 6 nitrogen and oxygen atoms in total. The third kappa shape index (κ3) is 57.7. The van der Waals surface area contributed by atoms with Crippen LogP contribution in [0.2, 0.25) is 0 Å². The third-order valence-electron chi connectivity index (χ3n) is 13.5. The van der Waals surface area contributed by atoms with Crippen LogP contribution in [0.5, 0.6) is 0 Å². The predicted molar refractivity (Wildman–Crippen MR) is 311 cm³/mol. The Balaban J connectivity index is 4.22. The molecule has 72 heavy (non-hydrogen) atoms. The van der Waals surface area contributed by atoms with Crippen molar-refractivity contribution < 1.29 is 28.6 Å². The van der Waals surface area contributed by atoms with E-state index >= 15 is 0 Å². The minimum atomic E-state index is -0.795. The second-order valence-electron chi connectivity index (χ2n) is 20.6. The van der Waals surface area contributed by atoms with Crippen molar-refractivity contribution in [2.75, 3.05) is 13.2 Å². The molecular weight excluding hydrogens is 889 g/mol. The number of esters is 3. The Morgan fingerprint density at radius 2 is 0.542 bits per heavy atom. The molecular formula is C66H116O6. The summed E-state index contributed by atoms with van der Waals surface area (Å²) >= 11 is 0. The van der Waals surface area contributed by atoms with E-state index in [0.29, 0.717) is 19.3 Å². The Bertz CT molecular complexity index is 1340. The molecule has 0 aromatic rings. The van der Waals surface area contributed by atoms with Gasteiger partial charge in [0.15, 0.2) is 6.10 Å². The van der Waals surface area contributed by atoms with Gasteiger partial charge in [-0.1, -0.05) is 293 Å². The molecule has 0 spiro atoms. The molecule has 0 heterocycles. The maximum absolute atomic E-state index is 12.8. The quantitative estimate of drug-likeness (QED) is 0.0261. The van der Waals surface area contributed by atoms with E-state index in [-0.39, 0.29) is 37.5 Å². The van der Waals surface area contributed by atoms with Crippen molar-refractivity contribution in [3.05, 3.63) is 72.9 Å². The van der Waals surface area contributed by atoms with Crippen LogP contribution < -0.4 is 0 Å². The molecule has 0 saturated carbocycles. The van der Waals surface area contributed by atoms with Crippen molar-refractivity contribution in [2.45, 2.75) is 316 Å². The molecule has 416 valence electrons. The highest BCUT2D eigenvalue weighted by Gasteiger charge is 2.19. The Morgan fingerprint density at radius 1 is 0.292 bits per heavy atom. The molecule has 0 bridgehead atoms. The van der Waals surface area contributed by atoms with Crippen LogP contribution in [0.4, 0.5) is 0 Å². The summed E-state index contributed by atoms with van der Waals surface area (Å²) < 4.78 is 16.8. The smallest absolute Gasteiger partial charge is 0.306 e. The highest BCUT2D eigenvalue weighted by Crippen LogP contribution is 2.17. The van der Waals surface area contributed by atoms with Gasteiger partial charge < -0.3 is 14.2 Å². The highest BCUT2D eigenvalue weighted by molar-refractivity contribution is 5.71. The molecule has 1 atom stereocenters. The molecule has 0 aliphatic rings. The van der Waals surface area contributed by atoms with Crippen LogP contribution in [-0.4, -0.2) is 37.2 Å². The predicted octanol–water partition coefficient (Wildman–Crippen LogP) is 20.9. The monoisotopic (exact) mass is 1000 g/mol. The van der Waals surface area contributed by atoms with Crippen LogP contribution in [0.1, 0.15) is 310 Å². The molecule has 0 radical (unpaired) electrons. The van der Waals surface area contributed by atoms with Crippen LogP contribution in [0.15, 0.2) is 72.9 Å². The summed E-state index contributed by atoms with van der Waals surface area (Å²) in [7, 11) is 0. The zero-order valence-electron chi connectivity index (χ0n) is 47.7. The van der Waals surface area contributed by atoms with Gasteiger partial charge in [-0.05, 0) is 70.6 Å². The van der Waals surface area contributed by atoms with Crippen molar-refractivity contribution in [3.8, 4) is 0 Å². The second-order valence-corrected chi connectivity index (χ2v) is 20.6. The number of allylic oxidation sites excluding steroid dienone is 12. The van der Waals surface area contributed by atoms with Gasteiger partial charge in [0.1, 0.15) is 13.2 Å². The molecule has 1 unspecified atom stereocenters. The Morgan fingerprint density at radius 3 is 0.847 bits per heavy atom. The molecule has 0 rings (SSSR count). The summed E-state index contributed by atoms with van der Waals surface area (Å²) in [5, 5.41) is 0. The molecule has 0 saturated heterocycles. The third-order valence-corrected chi connectivity index (χ3v) is 13.5. The maximum atomic E-state index is 12.8. The number of carbonyl (C=O) groups is 3. The van der Waals surface area contributed by atoms with Crippen LogP contribution in [0, 0.1) is 0 Å². The van der Waals surface area contributed by atoms with Gasteiger partial charge in [-0.3, -0.25) is 14.4 Å². The molecule has 0 N–H and O–H groups in total. The fraction of sp³-hybridized carbons (Fsp3) is 0.773. The number of hydrogen-bond acceptors (Lipinski definition) is 6. The number of unbranched alkanes of at least 4 members (excludes halogenated alkanes) is 33. The van der Waals surface area contributed by atoms with Crippen molar-refractivity contribution in [3.63, 3.8) is 0 Å². The van der Waals surface area contributed by atoms with E-state index in [1.54, 1.807) is 0 Å². The standard InChI is InChI=1S/C66H116O6/c1-4-7-10-13-16-19-21-23-25-27-29-31-32-33-34-36-37-39-41-43-45-47-50-53-56-59-65(68)71-62-63(61-70-64(67)58-55-52-49-18-15-12-9-6-3)72-66(69)60-57-54-51-48-46-44-42-40-38-35-30-28-26-24-22-20-17-14-11-8-5-2/h8,11,17,20,24,26,30,35,40,42,46,48,63H,4-7,9-10,12-16,18-19,21-23,25,27-29,31-34,36-39,41,43-45,47,49-62H2,1-3H3/b11-8-,20-17-,26-24-,35-30-,42-40-,48-46-. The Hall–Kier alpha value is -3.15. The van der Waals surface area contributed by atoms with Gasteiger partial charge in [-0.15, -0.1) is 0 Å². The van der Waals surface area contributed by atoms with Crippen LogP contribution in [0.3, 0.4) is 0 Å². The molecule has 0 amide bonds. The van der Waals surface area contributed by atoms with Crippen molar-refractivity contribution in [1.29, 1.82) is 0 Å². The van der Waals surface area contributed by atoms with Gasteiger partial charge in [-0.25, -0.2) is 0 Å². The van der Waals surface area contributed by atoms with Crippen molar-refractivity contribution >= 4 is 17.9 Å². The topological polar surface area (TPSA) is 78.9 Å². The van der Waals surface area contributed by atoms with E-state index in [1.165, 1.54) is 173 Å². The number of rotatable bonds is 56. The van der Waals surface area contributed by atoms with Gasteiger partial charge in [0.05, 0.1) is 0 Å². The summed E-state index contributed by atoms with van der Waals surface area (Å²) in [6, 6.07) is 0. The van der Waals surface area contributed by atoms with Crippen LogP contribution >= 0.6 is 0 Å². The van der Waals surface area contributed by atoms with Gasteiger partial charge in [0.25, 0.3) is 0 Å². The van der Waals surface area contributed by atoms with Crippen LogP contribution in [-0.2, 0) is 28.6 Å². The minimum absolute atomic E-state index is 0.0897. The first-order valence-corrected chi connectivity index (χ1v) is 30.9. The number of ether oxygens (including phenoxy) is 3. The fourth-order valence-electron chi connectivity index (χ4n) is 8.86. The number of hydrogen-bond donors (Lipinski definition) is 0. The van der Waals surface area contributed by atoms with E-state index in [9.17, 15) is 14.4 Å². The first-order valence-electron chi connectivity index (χ1n) is 30.9. The van der Waals surface area contributed by atoms with Crippen LogP contribution in [0.25, 0.3) is 0 Å². The lowest BCUT2D eigenvalue weighted by Gasteiger charge is -2.18. The Kier molecular flexibility index (Phi) is 57.8. The van der Waals surface area contributed by atoms with Crippen molar-refractivity contribution in [1.82, 2.24) is 0 Å². The molecule has 6 heteroatoms. The molecule has 0 aliphatic carbocycles. The fourth-order valence-corrected chi connectivity index (χ4v) is 8.86. The lowest BCUT2D eigenvalue weighted by molar-refractivity contribution is -0.167. The average molecular weight is 1010 g/mol. The molecule has 0 aliphatic heterocycles. The van der Waals surface area contributed by atoms with Gasteiger partial charge >= 0.3 is 17.9 Å². The van der Waals surface area contributed by atoms with E-state index in [2.05, 4.69) is 93.7 Å². The summed E-state index contributed by atoms with van der Waals surface area (Å²) in [4.78, 5) is 38.1. The Labute approximate surface area is 446 Å². The normalized spacial score (nSPS) is 12.5. The summed E-state index contributed by atoms with van der Waals surface area (Å²) in [6.45, 7) is 6.49. The highest BCUT2D eigenvalue weighted by atomic mass is 16.6. The largest absolute Gasteiger partial charge is 0.462 e. The summed E-state index contributed by atoms with van der Waals surface area (Å²) in [5.41, 5.74) is 0. The number of carbonyl (C=O) groups excluding carboxylic acids is 3. The van der Waals surface area contributed by atoms with E-state index in [0.717, 1.165) is 89.9 Å². The lowest BCUT2D eigenvalue weighted by atomic mass is 10.0. The zero-order valence-corrected chi connectivity index (χ0v) is 47.7. The van der Waals surface area contributed by atoms with Gasteiger partial charge in [-0.2, -0.15) is 0 Å². The minimum Gasteiger partial charge on any atom is -0.462 e. The molecule has 0 fully saturated rings. The maximum Gasteiger partial charge on any atom is 0.306 e. The van der Waals surface area contributed by atoms with Gasteiger partial charge in [0, 0.05) is 19.3 Å².